The maximum Gasteiger partial charge on any atom is 0.251 e. The van der Waals surface area contributed by atoms with E-state index in [1.807, 2.05) is 25.1 Å². The lowest BCUT2D eigenvalue weighted by molar-refractivity contribution is 0.0935. The maximum absolute atomic E-state index is 12.3. The van der Waals surface area contributed by atoms with Crippen molar-refractivity contribution in [2.45, 2.75) is 40.5 Å². The first-order chi connectivity index (χ1) is 9.91. The van der Waals surface area contributed by atoms with Crippen molar-refractivity contribution in [3.05, 3.63) is 34.9 Å². The third-order valence-corrected chi connectivity index (χ3v) is 3.72. The van der Waals surface area contributed by atoms with Crippen LogP contribution < -0.4 is 5.32 Å². The number of aliphatic hydroxyl groups excluding tert-OH is 1. The van der Waals surface area contributed by atoms with Crippen molar-refractivity contribution in [1.82, 2.24) is 5.32 Å². The van der Waals surface area contributed by atoms with Crippen molar-refractivity contribution < 1.29 is 9.90 Å². The monoisotopic (exact) mass is 287 g/mol. The molecular weight excluding hydrogens is 262 g/mol. The first-order valence-electron chi connectivity index (χ1n) is 7.39. The number of amides is 1. The van der Waals surface area contributed by atoms with Crippen LogP contribution in [0.3, 0.4) is 0 Å². The Hall–Kier alpha value is -1.79. The lowest BCUT2D eigenvalue weighted by Gasteiger charge is -2.23. The Kier molecular flexibility index (Phi) is 6.45. The molecule has 0 saturated carbocycles. The molecule has 3 nitrogen and oxygen atoms in total. The Morgan fingerprint density at radius 1 is 1.38 bits per heavy atom. The van der Waals surface area contributed by atoms with E-state index in [-0.39, 0.29) is 17.9 Å². The maximum atomic E-state index is 12.3. The first kappa shape index (κ1) is 17.3. The second kappa shape index (κ2) is 7.85. The van der Waals surface area contributed by atoms with Gasteiger partial charge in [0.1, 0.15) is 0 Å². The van der Waals surface area contributed by atoms with Crippen molar-refractivity contribution in [1.29, 1.82) is 0 Å². The Balaban J connectivity index is 2.87. The van der Waals surface area contributed by atoms with E-state index in [0.29, 0.717) is 18.5 Å². The number of carbonyl (C=O) groups excluding carboxylic acids is 1. The van der Waals surface area contributed by atoms with Gasteiger partial charge >= 0.3 is 0 Å². The molecule has 114 valence electrons. The number of carbonyl (C=O) groups is 1. The highest BCUT2D eigenvalue weighted by molar-refractivity contribution is 5.96. The number of rotatable bonds is 5. The van der Waals surface area contributed by atoms with E-state index in [2.05, 4.69) is 37.9 Å². The zero-order chi connectivity index (χ0) is 15.9. The third-order valence-electron chi connectivity index (χ3n) is 3.72. The van der Waals surface area contributed by atoms with Crippen molar-refractivity contribution >= 4 is 5.91 Å². The highest BCUT2D eigenvalue weighted by Crippen LogP contribution is 2.19. The topological polar surface area (TPSA) is 49.3 Å². The van der Waals surface area contributed by atoms with Gasteiger partial charge in [0.2, 0.25) is 0 Å². The fourth-order valence-electron chi connectivity index (χ4n) is 1.77. The van der Waals surface area contributed by atoms with Gasteiger partial charge in [-0.3, -0.25) is 4.79 Å². The molecule has 1 aromatic rings. The van der Waals surface area contributed by atoms with Gasteiger partial charge in [-0.2, -0.15) is 0 Å². The molecule has 0 atom stereocenters. The molecule has 1 amide bonds. The van der Waals surface area contributed by atoms with Crippen molar-refractivity contribution in [3.63, 3.8) is 0 Å². The van der Waals surface area contributed by atoms with Crippen LogP contribution >= 0.6 is 0 Å². The summed E-state index contributed by atoms with van der Waals surface area (Å²) >= 11 is 0. The summed E-state index contributed by atoms with van der Waals surface area (Å²) in [5.74, 6) is 5.84. The molecule has 0 heterocycles. The van der Waals surface area contributed by atoms with Crippen molar-refractivity contribution in [3.8, 4) is 11.8 Å². The molecule has 0 fully saturated rings. The fourth-order valence-corrected chi connectivity index (χ4v) is 1.77. The van der Waals surface area contributed by atoms with E-state index in [1.54, 1.807) is 0 Å². The Labute approximate surface area is 127 Å². The zero-order valence-corrected chi connectivity index (χ0v) is 13.4. The molecule has 0 aromatic heterocycles. The summed E-state index contributed by atoms with van der Waals surface area (Å²) < 4.78 is 0. The predicted octanol–water partition coefficient (Wildman–Crippen LogP) is 2.89. The molecule has 0 aliphatic heterocycles. The van der Waals surface area contributed by atoms with E-state index < -0.39 is 0 Å². The minimum atomic E-state index is -0.0557. The second-order valence-electron chi connectivity index (χ2n) is 5.95. The summed E-state index contributed by atoms with van der Waals surface area (Å²) in [6.07, 6.45) is 1.46. The van der Waals surface area contributed by atoms with Gasteiger partial charge in [0.15, 0.2) is 0 Å². The van der Waals surface area contributed by atoms with Gasteiger partial charge in [-0.05, 0) is 36.5 Å². The van der Waals surface area contributed by atoms with Gasteiger partial charge in [0.05, 0.1) is 6.61 Å². The lowest BCUT2D eigenvalue weighted by Crippen LogP contribution is -2.34. The quantitative estimate of drug-likeness (QED) is 0.818. The minimum absolute atomic E-state index is 0.0539. The van der Waals surface area contributed by atoms with Crippen LogP contribution in [0.4, 0.5) is 0 Å². The molecule has 0 bridgehead atoms. The molecule has 21 heavy (non-hydrogen) atoms. The number of hydrogen-bond acceptors (Lipinski definition) is 2. The van der Waals surface area contributed by atoms with Crippen LogP contribution in [-0.4, -0.2) is 24.2 Å². The van der Waals surface area contributed by atoms with Crippen LogP contribution in [0.5, 0.6) is 0 Å². The average Bonchev–Trinajstić information content (AvgIpc) is 2.47. The summed E-state index contributed by atoms with van der Waals surface area (Å²) in [5, 5.41) is 11.8. The molecule has 1 aromatic carbocycles. The molecule has 0 aliphatic rings. The van der Waals surface area contributed by atoms with Gasteiger partial charge in [-0.25, -0.2) is 0 Å². The molecule has 0 aliphatic carbocycles. The fraction of sp³-hybridized carbons (Fsp3) is 0.500. The molecule has 0 saturated heterocycles. The first-order valence-corrected chi connectivity index (χ1v) is 7.39. The van der Waals surface area contributed by atoms with Crippen molar-refractivity contribution in [2.24, 2.45) is 5.41 Å². The zero-order valence-electron chi connectivity index (χ0n) is 13.4. The summed E-state index contributed by atoms with van der Waals surface area (Å²) in [6, 6.07) is 5.56. The average molecular weight is 287 g/mol. The van der Waals surface area contributed by atoms with E-state index in [4.69, 9.17) is 5.11 Å². The van der Waals surface area contributed by atoms with Crippen LogP contribution in [0.2, 0.25) is 0 Å². The van der Waals surface area contributed by atoms with Gasteiger partial charge < -0.3 is 10.4 Å². The number of nitrogens with one attached hydrogen (secondary N) is 1. The van der Waals surface area contributed by atoms with Gasteiger partial charge in [-0.15, -0.1) is 0 Å². The predicted molar refractivity (Wildman–Crippen MR) is 86.2 cm³/mol. The van der Waals surface area contributed by atoms with Gasteiger partial charge in [0, 0.05) is 24.1 Å². The molecule has 2 N–H and O–H groups in total. The smallest absolute Gasteiger partial charge is 0.251 e. The highest BCUT2D eigenvalue weighted by atomic mass is 16.2. The Morgan fingerprint density at radius 2 is 2.10 bits per heavy atom. The minimum Gasteiger partial charge on any atom is -0.395 e. The molecule has 0 unspecified atom stereocenters. The van der Waals surface area contributed by atoms with E-state index in [0.717, 1.165) is 17.5 Å². The molecule has 0 spiro atoms. The molecular formula is C18H25NO2. The number of benzene rings is 1. The standard InChI is InChI=1S/C18H25NO2/c1-5-18(3,4)13-19-17(21)16-11-8-10-15(14(16)2)9-6-7-12-20/h8,10-11,20H,5,7,12-13H2,1-4H3,(H,19,21). The summed E-state index contributed by atoms with van der Waals surface area (Å²) in [7, 11) is 0. The van der Waals surface area contributed by atoms with Crippen LogP contribution in [0.1, 0.15) is 55.1 Å². The molecule has 0 radical (unpaired) electrons. The van der Waals surface area contributed by atoms with Gasteiger partial charge in [0.25, 0.3) is 5.91 Å². The third kappa shape index (κ3) is 5.24. The summed E-state index contributed by atoms with van der Waals surface area (Å²) in [5.41, 5.74) is 2.49. The summed E-state index contributed by atoms with van der Waals surface area (Å²) in [6.45, 7) is 9.01. The van der Waals surface area contributed by atoms with E-state index >= 15 is 0 Å². The van der Waals surface area contributed by atoms with Crippen LogP contribution in [-0.2, 0) is 0 Å². The Bertz CT molecular complexity index is 550. The van der Waals surface area contributed by atoms with E-state index in [1.165, 1.54) is 0 Å². The van der Waals surface area contributed by atoms with Crippen LogP contribution in [0, 0.1) is 24.2 Å². The normalized spacial score (nSPS) is 10.7. The SMILES string of the molecule is CCC(C)(C)CNC(=O)c1cccc(C#CCCO)c1C. The second-order valence-corrected chi connectivity index (χ2v) is 5.95. The van der Waals surface area contributed by atoms with Crippen LogP contribution in [0.15, 0.2) is 18.2 Å². The largest absolute Gasteiger partial charge is 0.395 e. The lowest BCUT2D eigenvalue weighted by atomic mass is 9.90. The highest BCUT2D eigenvalue weighted by Gasteiger charge is 2.17. The molecule has 3 heteroatoms. The van der Waals surface area contributed by atoms with Crippen molar-refractivity contribution in [2.75, 3.05) is 13.2 Å². The van der Waals surface area contributed by atoms with Gasteiger partial charge in [-0.1, -0.05) is 38.7 Å². The summed E-state index contributed by atoms with van der Waals surface area (Å²) in [4.78, 5) is 12.3. The van der Waals surface area contributed by atoms with E-state index in [9.17, 15) is 4.79 Å². The van der Waals surface area contributed by atoms with Crippen LogP contribution in [0.25, 0.3) is 0 Å². The number of aliphatic hydroxyl groups is 1. The number of hydrogen-bond donors (Lipinski definition) is 2. The Morgan fingerprint density at radius 3 is 2.71 bits per heavy atom. The molecule has 1 rings (SSSR count).